The van der Waals surface area contributed by atoms with E-state index >= 15 is 0 Å². The lowest BCUT2D eigenvalue weighted by atomic mass is 9.90. The van der Waals surface area contributed by atoms with E-state index in [1.165, 1.54) is 5.57 Å². The molecule has 0 saturated carbocycles. The molecule has 4 aromatic rings. The zero-order valence-corrected chi connectivity index (χ0v) is 19.7. The third-order valence-corrected chi connectivity index (χ3v) is 6.61. The van der Waals surface area contributed by atoms with Gasteiger partial charge in [-0.3, -0.25) is 9.08 Å². The molecular weight excluding hydrogens is 450 g/mol. The van der Waals surface area contributed by atoms with E-state index in [1.807, 2.05) is 32.2 Å². The first kappa shape index (κ1) is 20.9. The van der Waals surface area contributed by atoms with Crippen LogP contribution in [-0.4, -0.2) is 45.8 Å². The second kappa shape index (κ2) is 7.95. The smallest absolute Gasteiger partial charge is 0.228 e. The number of nitrogens with zero attached hydrogens (tertiary/aromatic N) is 7. The Bertz CT molecular complexity index is 1450. The molecule has 9 nitrogen and oxygen atoms in total. The fourth-order valence-electron chi connectivity index (χ4n) is 4.44. The maximum atomic E-state index is 6.43. The van der Waals surface area contributed by atoms with Crippen molar-refractivity contribution < 1.29 is 0 Å². The molecule has 10 heteroatoms. The third-order valence-electron chi connectivity index (χ3n) is 6.33. The molecular formula is C24H24ClN9. The summed E-state index contributed by atoms with van der Waals surface area (Å²) in [5.74, 6) is 3.50. The van der Waals surface area contributed by atoms with Gasteiger partial charge in [0, 0.05) is 37.3 Å². The van der Waals surface area contributed by atoms with Gasteiger partial charge >= 0.3 is 0 Å². The van der Waals surface area contributed by atoms with Crippen molar-refractivity contribution in [1.82, 2.24) is 34.3 Å². The SMILES string of the molecule is Cn1nccc1Nc1nccc(-c2cc3n4c(nnc4c2)C(CC2=CCC(C)(Cl)C=C2)CN3)n1. The van der Waals surface area contributed by atoms with Gasteiger partial charge in [0.25, 0.3) is 0 Å². The Morgan fingerprint density at radius 1 is 1.24 bits per heavy atom. The predicted molar refractivity (Wildman–Crippen MR) is 132 cm³/mol. The molecule has 2 aliphatic rings. The number of hydrogen-bond donors (Lipinski definition) is 2. The number of aryl methyl sites for hydroxylation is 1. The van der Waals surface area contributed by atoms with Gasteiger partial charge in [-0.1, -0.05) is 23.8 Å². The first-order valence-electron chi connectivity index (χ1n) is 11.2. The molecule has 0 amide bonds. The van der Waals surface area contributed by atoms with Crippen LogP contribution in [0, 0.1) is 0 Å². The van der Waals surface area contributed by atoms with Crippen LogP contribution in [0.4, 0.5) is 17.6 Å². The zero-order valence-electron chi connectivity index (χ0n) is 18.9. The highest BCUT2D eigenvalue weighted by Crippen LogP contribution is 2.35. The molecule has 1 aliphatic carbocycles. The molecule has 0 radical (unpaired) electrons. The molecule has 6 rings (SSSR count). The van der Waals surface area contributed by atoms with Crippen LogP contribution in [-0.2, 0) is 7.05 Å². The Kier molecular flexibility index (Phi) is 4.88. The highest BCUT2D eigenvalue weighted by Gasteiger charge is 2.27. The Morgan fingerprint density at radius 2 is 2.15 bits per heavy atom. The molecule has 34 heavy (non-hydrogen) atoms. The standard InChI is InChI=1S/C24H24ClN9/c1-24(25)7-3-15(4-8-24)11-17-14-27-20-12-16(13-21-31-32-22(17)34(20)21)18-5-9-26-23(29-18)30-19-6-10-28-33(19)2/h3-7,9-10,12-13,17,27H,8,11,14H2,1-2H3,(H,26,29,30). The maximum absolute atomic E-state index is 6.43. The van der Waals surface area contributed by atoms with Crippen molar-refractivity contribution in [3.05, 3.63) is 66.3 Å². The van der Waals surface area contributed by atoms with Crippen LogP contribution in [0.3, 0.4) is 0 Å². The first-order valence-corrected chi connectivity index (χ1v) is 11.6. The molecule has 0 aromatic carbocycles. The average Bonchev–Trinajstić information content (AvgIpc) is 3.44. The van der Waals surface area contributed by atoms with Gasteiger partial charge in [-0.15, -0.1) is 21.8 Å². The van der Waals surface area contributed by atoms with Crippen molar-refractivity contribution in [3.63, 3.8) is 0 Å². The summed E-state index contributed by atoms with van der Waals surface area (Å²) in [6, 6.07) is 7.87. The summed E-state index contributed by atoms with van der Waals surface area (Å²) in [6.45, 7) is 2.82. The van der Waals surface area contributed by atoms with Crippen molar-refractivity contribution in [3.8, 4) is 11.3 Å². The second-order valence-corrected chi connectivity index (χ2v) is 9.85. The van der Waals surface area contributed by atoms with E-state index in [2.05, 4.69) is 59.6 Å². The number of nitrogens with one attached hydrogen (secondary N) is 2. The molecule has 1 aliphatic heterocycles. The number of halogens is 1. The molecule has 172 valence electrons. The fraction of sp³-hybridized carbons (Fsp3) is 0.292. The Morgan fingerprint density at radius 3 is 2.94 bits per heavy atom. The largest absolute Gasteiger partial charge is 0.370 e. The van der Waals surface area contributed by atoms with E-state index < -0.39 is 0 Å². The number of alkyl halides is 1. The maximum Gasteiger partial charge on any atom is 0.228 e. The van der Waals surface area contributed by atoms with Crippen LogP contribution in [0.2, 0.25) is 0 Å². The van der Waals surface area contributed by atoms with E-state index in [-0.39, 0.29) is 10.8 Å². The van der Waals surface area contributed by atoms with Crippen molar-refractivity contribution in [1.29, 1.82) is 0 Å². The predicted octanol–water partition coefficient (Wildman–Crippen LogP) is 4.45. The van der Waals surface area contributed by atoms with Gasteiger partial charge in [0.15, 0.2) is 5.65 Å². The first-order chi connectivity index (χ1) is 16.4. The van der Waals surface area contributed by atoms with Gasteiger partial charge in [0.1, 0.15) is 17.5 Å². The Labute approximate surface area is 201 Å². The molecule has 4 aromatic heterocycles. The Hall–Kier alpha value is -3.72. The number of pyridine rings is 1. The topological polar surface area (TPSA) is 97.9 Å². The van der Waals surface area contributed by atoms with Crippen LogP contribution in [0.1, 0.15) is 31.5 Å². The molecule has 5 heterocycles. The van der Waals surface area contributed by atoms with Gasteiger partial charge in [0.05, 0.1) is 16.8 Å². The fourth-order valence-corrected chi connectivity index (χ4v) is 4.58. The van der Waals surface area contributed by atoms with E-state index in [9.17, 15) is 0 Å². The quantitative estimate of drug-likeness (QED) is 0.413. The minimum absolute atomic E-state index is 0.234. The molecule has 2 N–H and O–H groups in total. The number of allylic oxidation sites excluding steroid dienone is 4. The summed E-state index contributed by atoms with van der Waals surface area (Å²) in [7, 11) is 1.86. The average molecular weight is 474 g/mol. The van der Waals surface area contributed by atoms with Crippen molar-refractivity contribution in [2.45, 2.75) is 30.6 Å². The molecule has 0 fully saturated rings. The van der Waals surface area contributed by atoms with Crippen LogP contribution in [0.15, 0.2) is 60.5 Å². The molecule has 2 atom stereocenters. The van der Waals surface area contributed by atoms with Crippen LogP contribution in [0.25, 0.3) is 16.9 Å². The lowest BCUT2D eigenvalue weighted by Crippen LogP contribution is -2.23. The summed E-state index contributed by atoms with van der Waals surface area (Å²) in [5, 5.41) is 20.0. The van der Waals surface area contributed by atoms with E-state index in [1.54, 1.807) is 17.1 Å². The summed E-state index contributed by atoms with van der Waals surface area (Å²) in [5.41, 5.74) is 3.83. The van der Waals surface area contributed by atoms with Gasteiger partial charge in [-0.05, 0) is 38.0 Å². The van der Waals surface area contributed by atoms with Crippen LogP contribution < -0.4 is 10.6 Å². The van der Waals surface area contributed by atoms with E-state index in [0.29, 0.717) is 5.95 Å². The lowest BCUT2D eigenvalue weighted by molar-refractivity contribution is 0.631. The Balaban J connectivity index is 1.29. The summed E-state index contributed by atoms with van der Waals surface area (Å²) in [4.78, 5) is 8.76. The summed E-state index contributed by atoms with van der Waals surface area (Å²) in [6.07, 6.45) is 11.7. The third kappa shape index (κ3) is 3.81. The second-order valence-electron chi connectivity index (χ2n) is 8.99. The number of hydrogen-bond acceptors (Lipinski definition) is 7. The zero-order chi connectivity index (χ0) is 23.3. The molecule has 0 bridgehead atoms. The van der Waals surface area contributed by atoms with Crippen molar-refractivity contribution >= 4 is 34.8 Å². The minimum Gasteiger partial charge on any atom is -0.370 e. The normalized spacial score (nSPS) is 21.4. The number of anilines is 3. The highest BCUT2D eigenvalue weighted by molar-refractivity contribution is 6.25. The molecule has 0 spiro atoms. The van der Waals surface area contributed by atoms with E-state index in [0.717, 1.165) is 53.8 Å². The van der Waals surface area contributed by atoms with Crippen molar-refractivity contribution in [2.24, 2.45) is 7.05 Å². The summed E-state index contributed by atoms with van der Waals surface area (Å²) < 4.78 is 3.84. The molecule has 2 unspecified atom stereocenters. The van der Waals surface area contributed by atoms with Crippen LogP contribution >= 0.6 is 11.6 Å². The molecule has 0 saturated heterocycles. The number of rotatable bonds is 5. The monoisotopic (exact) mass is 473 g/mol. The van der Waals surface area contributed by atoms with Gasteiger partial charge in [-0.25, -0.2) is 9.97 Å². The van der Waals surface area contributed by atoms with Crippen molar-refractivity contribution in [2.75, 3.05) is 17.2 Å². The van der Waals surface area contributed by atoms with Gasteiger partial charge < -0.3 is 10.6 Å². The lowest BCUT2D eigenvalue weighted by Gasteiger charge is -2.26. The van der Waals surface area contributed by atoms with Crippen LogP contribution in [0.5, 0.6) is 0 Å². The highest BCUT2D eigenvalue weighted by atomic mass is 35.5. The van der Waals surface area contributed by atoms with Gasteiger partial charge in [-0.2, -0.15) is 5.10 Å². The number of aromatic nitrogens is 7. The summed E-state index contributed by atoms with van der Waals surface area (Å²) >= 11 is 6.43. The van der Waals surface area contributed by atoms with Gasteiger partial charge in [0.2, 0.25) is 5.95 Å². The minimum atomic E-state index is -0.284. The van der Waals surface area contributed by atoms with E-state index in [4.69, 9.17) is 16.6 Å².